The van der Waals surface area contributed by atoms with E-state index in [1.54, 1.807) is 16.9 Å². The maximum Gasteiger partial charge on any atom is 0.262 e. The topological polar surface area (TPSA) is 56.1 Å². The molecule has 29 heavy (non-hydrogen) atoms. The van der Waals surface area contributed by atoms with Gasteiger partial charge in [-0.25, -0.2) is 8.78 Å². The van der Waals surface area contributed by atoms with E-state index in [9.17, 15) is 13.6 Å². The lowest BCUT2D eigenvalue weighted by Gasteiger charge is -2.10. The van der Waals surface area contributed by atoms with Crippen LogP contribution in [-0.2, 0) is 6.54 Å². The fourth-order valence-electron chi connectivity index (χ4n) is 3.02. The van der Waals surface area contributed by atoms with Gasteiger partial charge in [-0.2, -0.15) is 5.10 Å². The Hall–Kier alpha value is -3.22. The van der Waals surface area contributed by atoms with Gasteiger partial charge in [-0.1, -0.05) is 12.1 Å². The van der Waals surface area contributed by atoms with Gasteiger partial charge in [0.05, 0.1) is 13.2 Å². The quantitative estimate of drug-likeness (QED) is 0.636. The van der Waals surface area contributed by atoms with Crippen molar-refractivity contribution in [2.75, 3.05) is 11.9 Å². The summed E-state index contributed by atoms with van der Waals surface area (Å²) in [5.41, 5.74) is 1.51. The predicted molar refractivity (Wildman–Crippen MR) is 105 cm³/mol. The van der Waals surface area contributed by atoms with Crippen molar-refractivity contribution >= 4 is 11.7 Å². The third-order valence-corrected chi connectivity index (χ3v) is 4.90. The van der Waals surface area contributed by atoms with Crippen molar-refractivity contribution in [2.24, 2.45) is 5.92 Å². The first-order valence-corrected chi connectivity index (χ1v) is 9.51. The van der Waals surface area contributed by atoms with Crippen molar-refractivity contribution < 1.29 is 18.3 Å². The predicted octanol–water partition coefficient (Wildman–Crippen LogP) is 4.56. The van der Waals surface area contributed by atoms with Crippen molar-refractivity contribution in [1.29, 1.82) is 0 Å². The Bertz CT molecular complexity index is 1020. The summed E-state index contributed by atoms with van der Waals surface area (Å²) >= 11 is 0. The molecule has 0 bridgehead atoms. The van der Waals surface area contributed by atoms with Gasteiger partial charge in [0.2, 0.25) is 0 Å². The zero-order valence-corrected chi connectivity index (χ0v) is 16.0. The first-order chi connectivity index (χ1) is 14.0. The van der Waals surface area contributed by atoms with Gasteiger partial charge in [0, 0.05) is 12.3 Å². The van der Waals surface area contributed by atoms with E-state index in [1.807, 2.05) is 25.1 Å². The van der Waals surface area contributed by atoms with Crippen LogP contribution in [0.25, 0.3) is 0 Å². The largest absolute Gasteiger partial charge is 0.493 e. The van der Waals surface area contributed by atoms with E-state index in [1.165, 1.54) is 18.9 Å². The number of halogens is 2. The number of rotatable bonds is 7. The molecule has 1 amide bonds. The molecule has 0 unspecified atom stereocenters. The molecule has 1 aliphatic rings. The van der Waals surface area contributed by atoms with E-state index < -0.39 is 23.1 Å². The maximum atomic E-state index is 13.7. The molecule has 2 aromatic carbocycles. The molecule has 1 fully saturated rings. The third kappa shape index (κ3) is 4.62. The van der Waals surface area contributed by atoms with Gasteiger partial charge >= 0.3 is 0 Å². The lowest BCUT2D eigenvalue weighted by Crippen LogP contribution is -2.16. The normalized spacial score (nSPS) is 13.3. The SMILES string of the molecule is Cc1cc(OCC2CC2)ccc1Cn1ccc(NC(=O)c2c(F)cccc2F)n1. The lowest BCUT2D eigenvalue weighted by atomic mass is 10.1. The number of hydrogen-bond acceptors (Lipinski definition) is 3. The number of anilines is 1. The summed E-state index contributed by atoms with van der Waals surface area (Å²) in [6, 6.07) is 10.8. The maximum absolute atomic E-state index is 13.7. The van der Waals surface area contributed by atoms with Crippen LogP contribution in [0.1, 0.15) is 34.3 Å². The van der Waals surface area contributed by atoms with Crippen molar-refractivity contribution in [2.45, 2.75) is 26.3 Å². The van der Waals surface area contributed by atoms with Gasteiger partial charge < -0.3 is 10.1 Å². The van der Waals surface area contributed by atoms with Gasteiger partial charge in [0.25, 0.3) is 5.91 Å². The first-order valence-electron chi connectivity index (χ1n) is 9.51. The van der Waals surface area contributed by atoms with Gasteiger partial charge in [0.1, 0.15) is 22.9 Å². The summed E-state index contributed by atoms with van der Waals surface area (Å²) in [6.07, 6.45) is 4.20. The molecule has 0 radical (unpaired) electrons. The number of carbonyl (C=O) groups is 1. The van der Waals surface area contributed by atoms with Gasteiger partial charge in [0.15, 0.2) is 5.82 Å². The van der Waals surface area contributed by atoms with E-state index in [4.69, 9.17) is 4.74 Å². The highest BCUT2D eigenvalue weighted by Gasteiger charge is 2.22. The first kappa shape index (κ1) is 19.1. The molecule has 0 atom stereocenters. The van der Waals surface area contributed by atoms with Crippen LogP contribution in [0.4, 0.5) is 14.6 Å². The van der Waals surface area contributed by atoms with Gasteiger partial charge in [-0.15, -0.1) is 0 Å². The molecular formula is C22H21F2N3O2. The smallest absolute Gasteiger partial charge is 0.262 e. The number of aromatic nitrogens is 2. The van der Waals surface area contributed by atoms with Crippen molar-refractivity contribution in [3.8, 4) is 5.75 Å². The number of nitrogens with zero attached hydrogens (tertiary/aromatic N) is 2. The molecule has 0 aliphatic heterocycles. The average Bonchev–Trinajstić information content (AvgIpc) is 3.41. The Morgan fingerprint density at radius 3 is 2.66 bits per heavy atom. The molecule has 3 aromatic rings. The van der Waals surface area contributed by atoms with Crippen LogP contribution in [0.2, 0.25) is 0 Å². The molecule has 4 rings (SSSR count). The molecule has 7 heteroatoms. The van der Waals surface area contributed by atoms with Crippen LogP contribution < -0.4 is 10.1 Å². The number of amides is 1. The highest BCUT2D eigenvalue weighted by Crippen LogP contribution is 2.30. The summed E-state index contributed by atoms with van der Waals surface area (Å²) in [7, 11) is 0. The second-order valence-electron chi connectivity index (χ2n) is 7.29. The number of benzene rings is 2. The van der Waals surface area contributed by atoms with E-state index in [0.717, 1.165) is 35.6 Å². The molecule has 1 N–H and O–H groups in total. The summed E-state index contributed by atoms with van der Waals surface area (Å²) in [6.45, 7) is 3.27. The molecule has 5 nitrogen and oxygen atoms in total. The molecule has 1 aliphatic carbocycles. The second-order valence-corrected chi connectivity index (χ2v) is 7.29. The Balaban J connectivity index is 1.40. The molecule has 1 aromatic heterocycles. The van der Waals surface area contributed by atoms with E-state index >= 15 is 0 Å². The van der Waals surface area contributed by atoms with Gasteiger partial charge in [-0.05, 0) is 61.1 Å². The number of nitrogens with one attached hydrogen (secondary N) is 1. The average molecular weight is 397 g/mol. The Morgan fingerprint density at radius 2 is 1.97 bits per heavy atom. The summed E-state index contributed by atoms with van der Waals surface area (Å²) in [5, 5.41) is 6.70. The Labute approximate surface area is 167 Å². The van der Waals surface area contributed by atoms with E-state index in [2.05, 4.69) is 10.4 Å². The standard InChI is InChI=1S/C22H21F2N3O2/c1-14-11-17(29-13-15-5-6-15)8-7-16(14)12-27-10-9-20(26-27)25-22(28)21-18(23)3-2-4-19(21)24/h2-4,7-11,15H,5-6,12-13H2,1H3,(H,25,26,28). The Morgan fingerprint density at radius 1 is 1.21 bits per heavy atom. The van der Waals surface area contributed by atoms with Crippen LogP contribution in [0, 0.1) is 24.5 Å². The fraction of sp³-hybridized carbons (Fsp3) is 0.273. The molecule has 0 saturated heterocycles. The highest BCUT2D eigenvalue weighted by atomic mass is 19.1. The number of hydrogen-bond donors (Lipinski definition) is 1. The van der Waals surface area contributed by atoms with E-state index in [0.29, 0.717) is 12.5 Å². The van der Waals surface area contributed by atoms with Crippen LogP contribution in [0.5, 0.6) is 5.75 Å². The molecule has 0 spiro atoms. The fourth-order valence-corrected chi connectivity index (χ4v) is 3.02. The summed E-state index contributed by atoms with van der Waals surface area (Å²) in [4.78, 5) is 12.2. The van der Waals surface area contributed by atoms with Crippen molar-refractivity contribution in [3.63, 3.8) is 0 Å². The number of carbonyl (C=O) groups excluding carboxylic acids is 1. The van der Waals surface area contributed by atoms with Crippen LogP contribution in [-0.4, -0.2) is 22.3 Å². The zero-order valence-electron chi connectivity index (χ0n) is 16.0. The zero-order chi connectivity index (χ0) is 20.4. The summed E-state index contributed by atoms with van der Waals surface area (Å²) < 4.78 is 34.9. The van der Waals surface area contributed by atoms with Crippen LogP contribution in [0.3, 0.4) is 0 Å². The molecule has 1 saturated carbocycles. The minimum Gasteiger partial charge on any atom is -0.493 e. The monoisotopic (exact) mass is 397 g/mol. The van der Waals surface area contributed by atoms with Crippen molar-refractivity contribution in [3.05, 3.63) is 77.0 Å². The molecular weight excluding hydrogens is 376 g/mol. The van der Waals surface area contributed by atoms with Crippen LogP contribution in [0.15, 0.2) is 48.7 Å². The highest BCUT2D eigenvalue weighted by molar-refractivity contribution is 6.04. The summed E-state index contributed by atoms with van der Waals surface area (Å²) in [5.74, 6) is -0.925. The Kier molecular flexibility index (Phi) is 5.29. The molecule has 1 heterocycles. The number of ether oxygens (including phenoxy) is 1. The minimum absolute atomic E-state index is 0.222. The van der Waals surface area contributed by atoms with Gasteiger partial charge in [-0.3, -0.25) is 9.48 Å². The minimum atomic E-state index is -0.915. The lowest BCUT2D eigenvalue weighted by molar-refractivity contribution is 0.101. The second kappa shape index (κ2) is 8.03. The van der Waals surface area contributed by atoms with Crippen LogP contribution >= 0.6 is 0 Å². The number of aryl methyl sites for hydroxylation is 1. The molecule has 150 valence electrons. The third-order valence-electron chi connectivity index (χ3n) is 4.90. The van der Waals surface area contributed by atoms with Crippen molar-refractivity contribution in [1.82, 2.24) is 9.78 Å². The van der Waals surface area contributed by atoms with E-state index in [-0.39, 0.29) is 5.82 Å².